The second-order valence-corrected chi connectivity index (χ2v) is 28.1. The summed E-state index contributed by atoms with van der Waals surface area (Å²) in [6, 6.07) is 13.1. The van der Waals surface area contributed by atoms with E-state index >= 15 is 0 Å². The first-order chi connectivity index (χ1) is 52.4. The fourth-order valence-electron chi connectivity index (χ4n) is 10.4. The number of ketones is 6. The molecule has 4 aromatic rings. The molecule has 5 atom stereocenters. The molecule has 2 aliphatic rings. The molecule has 0 bridgehead atoms. The highest BCUT2D eigenvalue weighted by atomic mass is 35.5. The fourth-order valence-corrected chi connectivity index (χ4v) is 11.1. The van der Waals surface area contributed by atoms with Gasteiger partial charge in [0.15, 0.2) is 5.78 Å². The molecule has 0 amide bonds. The van der Waals surface area contributed by atoms with Crippen molar-refractivity contribution in [1.82, 2.24) is 24.8 Å². The number of carbonyl (C=O) groups is 13. The number of esters is 1. The third kappa shape index (κ3) is 43.1. The summed E-state index contributed by atoms with van der Waals surface area (Å²) in [6.45, 7) is 30.2. The summed E-state index contributed by atoms with van der Waals surface area (Å²) < 4.78 is 15.5. The van der Waals surface area contributed by atoms with Crippen molar-refractivity contribution in [2.75, 3.05) is 41.0 Å². The molecule has 4 aromatic heterocycles. The second kappa shape index (κ2) is 56.2. The van der Waals surface area contributed by atoms with Gasteiger partial charge in [0.25, 0.3) is 0 Å². The Morgan fingerprint density at radius 2 is 0.955 bits per heavy atom. The van der Waals surface area contributed by atoms with Crippen LogP contribution in [0.2, 0.25) is 20.1 Å². The zero-order chi connectivity index (χ0) is 86.1. The number of halogens is 4. The van der Waals surface area contributed by atoms with Gasteiger partial charge >= 0.3 is 41.8 Å². The van der Waals surface area contributed by atoms with Crippen LogP contribution in [0.5, 0.6) is 0 Å². The largest absolute Gasteiger partial charge is 0.481 e. The van der Waals surface area contributed by atoms with Crippen molar-refractivity contribution in [3.63, 3.8) is 0 Å². The van der Waals surface area contributed by atoms with E-state index < -0.39 is 58.4 Å². The third-order valence-corrected chi connectivity index (χ3v) is 18.7. The van der Waals surface area contributed by atoms with Crippen LogP contribution < -0.4 is 0 Å². The first-order valence-corrected chi connectivity index (χ1v) is 37.5. The predicted molar refractivity (Wildman–Crippen MR) is 426 cm³/mol. The number of aliphatic carboxylic acids is 6. The van der Waals surface area contributed by atoms with E-state index in [0.29, 0.717) is 116 Å². The number of carboxylic acids is 6. The minimum Gasteiger partial charge on any atom is -0.481 e. The first-order valence-electron chi connectivity index (χ1n) is 35.9. The quantitative estimate of drug-likeness (QED) is 0.0106. The van der Waals surface area contributed by atoms with Gasteiger partial charge in [0.1, 0.15) is 51.5 Å². The number of rotatable bonds is 37. The lowest BCUT2D eigenvalue weighted by Gasteiger charge is -2.30. The molecular weight excluding hydrogens is 1540 g/mol. The van der Waals surface area contributed by atoms with Gasteiger partial charge in [-0.15, -0.1) is 0 Å². The van der Waals surface area contributed by atoms with E-state index in [1.54, 1.807) is 76.9 Å². The van der Waals surface area contributed by atoms with Crippen molar-refractivity contribution in [2.24, 2.45) is 17.3 Å². The number of hydrogen-bond donors (Lipinski definition) is 6. The van der Waals surface area contributed by atoms with Gasteiger partial charge in [0.05, 0.1) is 35.7 Å². The summed E-state index contributed by atoms with van der Waals surface area (Å²) >= 11 is 23.2. The van der Waals surface area contributed by atoms with Crippen molar-refractivity contribution < 1.29 is 107 Å². The van der Waals surface area contributed by atoms with E-state index in [1.807, 2.05) is 13.8 Å². The Morgan fingerprint density at radius 1 is 0.554 bits per heavy atom. The van der Waals surface area contributed by atoms with Gasteiger partial charge in [-0.1, -0.05) is 93.5 Å². The summed E-state index contributed by atoms with van der Waals surface area (Å²) in [7, 11) is 4.53. The lowest BCUT2D eigenvalue weighted by atomic mass is 9.80. The minimum atomic E-state index is -1.06. The maximum Gasteiger partial charge on any atom is 0.356 e. The Balaban J connectivity index is 0. The molecule has 27 nitrogen and oxygen atoms in total. The molecule has 0 aromatic carbocycles. The van der Waals surface area contributed by atoms with Crippen molar-refractivity contribution in [3.8, 4) is 0 Å². The molecule has 0 aliphatic heterocycles. The Morgan fingerprint density at radius 3 is 1.29 bits per heavy atom. The lowest BCUT2D eigenvalue weighted by molar-refractivity contribution is -0.142. The Kier molecular flexibility index (Phi) is 52.6. The highest BCUT2D eigenvalue weighted by Gasteiger charge is 2.46. The van der Waals surface area contributed by atoms with Crippen LogP contribution in [0.25, 0.3) is 0 Å². The van der Waals surface area contributed by atoms with Crippen molar-refractivity contribution >= 4 is 123 Å². The van der Waals surface area contributed by atoms with E-state index in [9.17, 15) is 62.3 Å². The zero-order valence-corrected chi connectivity index (χ0v) is 68.9. The number of carboxylic acid groups (broad SMARTS) is 6. The van der Waals surface area contributed by atoms with Crippen LogP contribution in [0.3, 0.4) is 0 Å². The number of Topliss-reactive ketones (excluding diaryl/α,β-unsaturated/α-hetero) is 6. The monoisotopic (exact) mass is 1640 g/mol. The summed E-state index contributed by atoms with van der Waals surface area (Å²) in [5, 5.41) is 53.2. The highest BCUT2D eigenvalue weighted by Crippen LogP contribution is 2.37. The maximum atomic E-state index is 11.9. The van der Waals surface area contributed by atoms with Gasteiger partial charge in [-0.3, -0.25) is 48.5 Å². The first kappa shape index (κ1) is 105. The van der Waals surface area contributed by atoms with E-state index in [4.69, 9.17) is 86.5 Å². The zero-order valence-electron chi connectivity index (χ0n) is 65.8. The molecule has 618 valence electrons. The average molecular weight is 1650 g/mol. The molecule has 112 heavy (non-hydrogen) atoms. The van der Waals surface area contributed by atoms with Crippen LogP contribution >= 0.6 is 46.4 Å². The summed E-state index contributed by atoms with van der Waals surface area (Å²) in [5.74, 6) is -6.44. The number of carbonyl (C=O) groups excluding carboxylic acids is 7. The van der Waals surface area contributed by atoms with Crippen molar-refractivity contribution in [1.29, 1.82) is 0 Å². The second-order valence-electron chi connectivity index (χ2n) is 26.4. The molecular formula is C81H109Cl4N5O22. The number of pyridine rings is 4. The van der Waals surface area contributed by atoms with E-state index in [-0.39, 0.29) is 93.8 Å². The highest BCUT2D eigenvalue weighted by molar-refractivity contribution is 6.31. The number of aromatic nitrogens is 4. The topological polar surface area (TPSA) is 426 Å². The van der Waals surface area contributed by atoms with Crippen LogP contribution in [0.4, 0.5) is 0 Å². The summed E-state index contributed by atoms with van der Waals surface area (Å²) in [6.07, 6.45) is 17.5. The Bertz CT molecular complexity index is 3800. The van der Waals surface area contributed by atoms with Crippen molar-refractivity contribution in [3.05, 3.63) is 165 Å². The molecule has 2 aliphatic carbocycles. The van der Waals surface area contributed by atoms with E-state index in [1.165, 1.54) is 45.5 Å². The minimum absolute atomic E-state index is 0.00764. The van der Waals surface area contributed by atoms with Crippen LogP contribution in [0.1, 0.15) is 223 Å². The van der Waals surface area contributed by atoms with Gasteiger partial charge in [0, 0.05) is 120 Å². The molecule has 6 N–H and O–H groups in total. The molecule has 2 saturated carbocycles. The number of ether oxygens (including phenoxy) is 3. The molecule has 31 heteroatoms. The van der Waals surface area contributed by atoms with Crippen LogP contribution in [-0.2, 0) is 78.2 Å². The molecule has 4 heterocycles. The molecule has 4 unspecified atom stereocenters. The third-order valence-electron chi connectivity index (χ3n) is 17.8. The Labute approximate surface area is 675 Å². The molecule has 0 spiro atoms. The fraction of sp³-hybridized carbons (Fsp3) is 0.494. The SMILES string of the molecule is C=C(CCCC(=O)O)C(=O)O.C=C(CCCC(=O)c1cc(Cl)ccn1)C(=O)O.C=C(CCCC(C)(OC)c1cc(Cl)ccn1)C(=O)O.C=C(CCCC(C)=O)C(=O)O.CC(=O)C1CCCC1=O.CCN(CC)CC1(C(C)=O)CCCC1=O.COC(=O)c1cc(Cl)ccn1.COC(C)(CCC[C@@H](C)C(=O)O)c1cc(Cl)ccn1. The van der Waals surface area contributed by atoms with Gasteiger partial charge in [-0.25, -0.2) is 29.0 Å². The average Bonchev–Trinajstić information content (AvgIpc) is 1.65. The molecule has 0 saturated heterocycles. The summed E-state index contributed by atoms with van der Waals surface area (Å²) in [4.78, 5) is 158. The molecule has 2 fully saturated rings. The summed E-state index contributed by atoms with van der Waals surface area (Å²) in [5.41, 5.74) is 0.790. The standard InChI is InChI=1S/C14H20ClNO3.C14H18ClNO3.C12H12ClNO3.C12H21NO2.C8H12O3.C7H6ClNO2.C7H10O4.C7H10O2/c2*1-10(13(17)18)5-4-7-14(2,19-3)12-9-11(15)6-8-16-12;1-8(12(16)17)3-2-4-11(15)10-7-9(13)5-6-14-10;1-4-13(5-2)9-12(10(3)14)8-6-7-11(12)15;1-6(8(10)11)4-3-5-7(2)9;1-11-7(10)6-4-5(8)2-3-9-6;1-5(7(10)11)3-2-4-6(8)9;1-5(8)6-3-2-4-7(6)9/h6,8-10H,4-5,7H2,1-3H3,(H,17,18);6,8-9H,1,4-5,7H2,2-3H3,(H,17,18);5-7H,1-4H2,(H,16,17);4-9H2,1-3H3;1,3-5H2,2H3,(H,10,11);2-4H,1H3;1-4H2,(H,8,9)(H,10,11);6H,2-4H2,1H3/t10-,14?;;;;;;;/m1......./s1. The molecule has 6 rings (SSSR count). The van der Waals surface area contributed by atoms with Gasteiger partial charge < -0.3 is 54.5 Å². The van der Waals surface area contributed by atoms with Crippen molar-refractivity contribution in [2.45, 2.75) is 201 Å². The lowest BCUT2D eigenvalue weighted by Crippen LogP contribution is -2.45. The predicted octanol–water partition coefficient (Wildman–Crippen LogP) is 16.0. The van der Waals surface area contributed by atoms with Crippen LogP contribution in [0.15, 0.2) is 122 Å². The smallest absolute Gasteiger partial charge is 0.356 e. The van der Waals surface area contributed by atoms with E-state index in [2.05, 4.69) is 69.7 Å². The Hall–Kier alpha value is -9.09. The maximum absolute atomic E-state index is 11.9. The number of methoxy groups -OCH3 is 3. The van der Waals surface area contributed by atoms with E-state index in [0.717, 1.165) is 56.6 Å². The van der Waals surface area contributed by atoms with Gasteiger partial charge in [0.2, 0.25) is 0 Å². The van der Waals surface area contributed by atoms with Crippen LogP contribution in [0, 0.1) is 17.3 Å². The number of hydrogen-bond acceptors (Lipinski definition) is 21. The van der Waals surface area contributed by atoms with Gasteiger partial charge in [-0.05, 0) is 199 Å². The molecule has 0 radical (unpaired) electrons. The normalized spacial score (nSPS) is 14.9. The van der Waals surface area contributed by atoms with Gasteiger partial charge in [-0.2, -0.15) is 0 Å². The number of nitrogens with zero attached hydrogens (tertiary/aromatic N) is 5. The van der Waals surface area contributed by atoms with Crippen LogP contribution in [-0.4, -0.2) is 173 Å².